The van der Waals surface area contributed by atoms with Crippen molar-refractivity contribution in [1.82, 2.24) is 4.90 Å². The number of carbonyl (C=O) groups excluding carboxylic acids is 1. The normalized spacial score (nSPS) is 18.0. The Morgan fingerprint density at radius 3 is 2.79 bits per heavy atom. The first-order valence-corrected chi connectivity index (χ1v) is 9.96. The summed E-state index contributed by atoms with van der Waals surface area (Å²) in [4.78, 5) is 14.6. The van der Waals surface area contributed by atoms with E-state index in [-0.39, 0.29) is 28.7 Å². The minimum absolute atomic E-state index is 0.0276. The average Bonchev–Trinajstić information content (AvgIpc) is 2.71. The number of benzene rings is 2. The molecule has 28 heavy (non-hydrogen) atoms. The summed E-state index contributed by atoms with van der Waals surface area (Å²) in [5.74, 6) is 0.961. The van der Waals surface area contributed by atoms with Gasteiger partial charge in [-0.05, 0) is 48.6 Å². The molecule has 0 aromatic heterocycles. The number of fused-ring (bicyclic) bond motifs is 2. The van der Waals surface area contributed by atoms with Gasteiger partial charge in [-0.15, -0.1) is 0 Å². The molecule has 2 aliphatic rings. The van der Waals surface area contributed by atoms with Crippen LogP contribution in [0, 0.1) is 0 Å². The van der Waals surface area contributed by atoms with E-state index < -0.39 is 0 Å². The maximum absolute atomic E-state index is 12.8. The first kappa shape index (κ1) is 19.1. The third-order valence-electron chi connectivity index (χ3n) is 5.83. The Balaban J connectivity index is 1.48. The molecule has 0 radical (unpaired) electrons. The number of likely N-dealkylation sites (tertiary alicyclic amines) is 1. The molecule has 2 heterocycles. The summed E-state index contributed by atoms with van der Waals surface area (Å²) in [5.41, 5.74) is 2.86. The molecule has 148 valence electrons. The van der Waals surface area contributed by atoms with Gasteiger partial charge in [0, 0.05) is 18.7 Å². The summed E-state index contributed by atoms with van der Waals surface area (Å²) in [6.45, 7) is 1.98. The largest absolute Gasteiger partial charge is 0.506 e. The zero-order chi connectivity index (χ0) is 19.7. The van der Waals surface area contributed by atoms with E-state index in [1.54, 1.807) is 19.2 Å². The summed E-state index contributed by atoms with van der Waals surface area (Å²) >= 11 is 5.95. The highest BCUT2D eigenvalue weighted by atomic mass is 35.5. The number of phenols is 1. The van der Waals surface area contributed by atoms with Crippen molar-refractivity contribution >= 4 is 17.5 Å². The minimum atomic E-state index is -0.376. The number of amides is 1. The van der Waals surface area contributed by atoms with Crippen molar-refractivity contribution < 1.29 is 19.4 Å². The van der Waals surface area contributed by atoms with E-state index in [2.05, 4.69) is 6.07 Å². The number of phenolic OH excluding ortho intramolecular Hbond substituents is 1. The van der Waals surface area contributed by atoms with E-state index in [1.165, 1.54) is 11.6 Å². The zero-order valence-corrected chi connectivity index (χ0v) is 16.7. The Morgan fingerprint density at radius 2 is 2.07 bits per heavy atom. The average molecular weight is 402 g/mol. The maximum atomic E-state index is 12.8. The molecule has 0 unspecified atom stereocenters. The number of carbonyl (C=O) groups is 1. The molecule has 0 atom stereocenters. The fraction of sp³-hybridized carbons (Fsp3) is 0.409. The van der Waals surface area contributed by atoms with E-state index in [9.17, 15) is 9.90 Å². The van der Waals surface area contributed by atoms with Crippen LogP contribution in [0.4, 0.5) is 0 Å². The molecule has 2 aliphatic heterocycles. The molecule has 1 saturated heterocycles. The van der Waals surface area contributed by atoms with Crippen LogP contribution in [0.15, 0.2) is 36.4 Å². The van der Waals surface area contributed by atoms with E-state index in [0.717, 1.165) is 36.1 Å². The Kier molecular flexibility index (Phi) is 5.21. The number of hydrogen-bond donors (Lipinski definition) is 1. The van der Waals surface area contributed by atoms with Gasteiger partial charge in [0.15, 0.2) is 0 Å². The van der Waals surface area contributed by atoms with Gasteiger partial charge in [-0.25, -0.2) is 0 Å². The summed E-state index contributed by atoms with van der Waals surface area (Å²) < 4.78 is 11.9. The highest BCUT2D eigenvalue weighted by molar-refractivity contribution is 6.32. The third kappa shape index (κ3) is 3.45. The summed E-state index contributed by atoms with van der Waals surface area (Å²) in [6.07, 6.45) is 2.66. The second kappa shape index (κ2) is 7.64. The van der Waals surface area contributed by atoms with Crippen LogP contribution in [0.1, 0.15) is 29.5 Å². The molecular formula is C22H24ClNO4. The van der Waals surface area contributed by atoms with Crippen LogP contribution in [-0.4, -0.2) is 42.7 Å². The number of aromatic hydroxyl groups is 1. The number of hydrogen-bond acceptors (Lipinski definition) is 4. The van der Waals surface area contributed by atoms with Crippen LogP contribution in [-0.2, 0) is 28.0 Å². The smallest absolute Gasteiger partial charge is 0.226 e. The van der Waals surface area contributed by atoms with Gasteiger partial charge in [0.25, 0.3) is 0 Å². The predicted octanol–water partition coefficient (Wildman–Crippen LogP) is 3.69. The van der Waals surface area contributed by atoms with Crippen molar-refractivity contribution in [3.63, 3.8) is 0 Å². The molecule has 2 aromatic rings. The second-order valence-corrected chi connectivity index (χ2v) is 7.84. The Bertz CT molecular complexity index is 876. The van der Waals surface area contributed by atoms with Crippen LogP contribution in [0.5, 0.6) is 11.5 Å². The number of ether oxygens (including phenoxy) is 2. The molecule has 0 saturated carbocycles. The first-order valence-electron chi connectivity index (χ1n) is 9.58. The molecule has 6 heteroatoms. The molecule has 0 bridgehead atoms. The number of nitrogens with zero attached hydrogens (tertiary/aromatic N) is 1. The van der Waals surface area contributed by atoms with Gasteiger partial charge in [0.2, 0.25) is 5.91 Å². The molecule has 2 aromatic carbocycles. The molecule has 1 N–H and O–H groups in total. The zero-order valence-electron chi connectivity index (χ0n) is 15.9. The van der Waals surface area contributed by atoms with Gasteiger partial charge < -0.3 is 19.5 Å². The lowest BCUT2D eigenvalue weighted by molar-refractivity contribution is -0.140. The molecular weight excluding hydrogens is 378 g/mol. The fourth-order valence-corrected chi connectivity index (χ4v) is 4.56. The molecule has 1 spiro atoms. The van der Waals surface area contributed by atoms with Gasteiger partial charge in [0.1, 0.15) is 17.1 Å². The van der Waals surface area contributed by atoms with Gasteiger partial charge in [-0.2, -0.15) is 0 Å². The SMILES string of the molecule is COc1cccc2c1C1(CCN(C(=O)Cc3ccc(O)c(Cl)c3)CC1)OCC2. The lowest BCUT2D eigenvalue weighted by Crippen LogP contribution is -2.48. The number of piperidine rings is 1. The summed E-state index contributed by atoms with van der Waals surface area (Å²) in [6, 6.07) is 11.1. The maximum Gasteiger partial charge on any atom is 0.226 e. The van der Waals surface area contributed by atoms with Crippen molar-refractivity contribution in [3.05, 3.63) is 58.1 Å². The Hall–Kier alpha value is -2.24. The summed E-state index contributed by atoms with van der Waals surface area (Å²) in [5, 5.41) is 9.80. The highest BCUT2D eigenvalue weighted by Crippen LogP contribution is 2.45. The fourth-order valence-electron chi connectivity index (χ4n) is 4.36. The van der Waals surface area contributed by atoms with Crippen LogP contribution in [0.25, 0.3) is 0 Å². The molecule has 1 fully saturated rings. The number of rotatable bonds is 3. The van der Waals surface area contributed by atoms with Crippen molar-refractivity contribution in [2.45, 2.75) is 31.3 Å². The lowest BCUT2D eigenvalue weighted by atomic mass is 9.78. The van der Waals surface area contributed by atoms with E-state index in [0.29, 0.717) is 19.7 Å². The minimum Gasteiger partial charge on any atom is -0.506 e. The Morgan fingerprint density at radius 1 is 1.29 bits per heavy atom. The van der Waals surface area contributed by atoms with Gasteiger partial charge in [0.05, 0.1) is 25.2 Å². The number of halogens is 1. The quantitative estimate of drug-likeness (QED) is 0.852. The van der Waals surface area contributed by atoms with Crippen molar-refractivity contribution in [2.75, 3.05) is 26.8 Å². The van der Waals surface area contributed by atoms with E-state index in [4.69, 9.17) is 21.1 Å². The van der Waals surface area contributed by atoms with Crippen LogP contribution >= 0.6 is 11.6 Å². The Labute approximate surface area is 169 Å². The van der Waals surface area contributed by atoms with Crippen molar-refractivity contribution in [3.8, 4) is 11.5 Å². The molecule has 4 rings (SSSR count). The number of methoxy groups -OCH3 is 1. The molecule has 5 nitrogen and oxygen atoms in total. The van der Waals surface area contributed by atoms with E-state index in [1.807, 2.05) is 17.0 Å². The summed E-state index contributed by atoms with van der Waals surface area (Å²) in [7, 11) is 1.69. The monoisotopic (exact) mass is 401 g/mol. The van der Waals surface area contributed by atoms with E-state index >= 15 is 0 Å². The first-order chi connectivity index (χ1) is 13.5. The molecule has 0 aliphatic carbocycles. The van der Waals surface area contributed by atoms with Crippen LogP contribution < -0.4 is 4.74 Å². The van der Waals surface area contributed by atoms with Crippen molar-refractivity contribution in [1.29, 1.82) is 0 Å². The second-order valence-electron chi connectivity index (χ2n) is 7.43. The van der Waals surface area contributed by atoms with Gasteiger partial charge >= 0.3 is 0 Å². The lowest BCUT2D eigenvalue weighted by Gasteiger charge is -2.45. The van der Waals surface area contributed by atoms with Crippen LogP contribution in [0.3, 0.4) is 0 Å². The van der Waals surface area contributed by atoms with Gasteiger partial charge in [-0.1, -0.05) is 29.8 Å². The predicted molar refractivity (Wildman–Crippen MR) is 107 cm³/mol. The van der Waals surface area contributed by atoms with Gasteiger partial charge in [-0.3, -0.25) is 4.79 Å². The standard InChI is InChI=1S/C22H24ClNO4/c1-27-19-4-2-3-16-7-12-28-22(21(16)19)8-10-24(11-9-22)20(26)14-15-5-6-18(25)17(23)13-15/h2-6,13,25H,7-12,14H2,1H3. The van der Waals surface area contributed by atoms with Crippen LogP contribution in [0.2, 0.25) is 5.02 Å². The van der Waals surface area contributed by atoms with Crippen molar-refractivity contribution in [2.24, 2.45) is 0 Å². The third-order valence-corrected chi connectivity index (χ3v) is 6.13. The highest BCUT2D eigenvalue weighted by Gasteiger charge is 2.43. The molecule has 1 amide bonds. The topological polar surface area (TPSA) is 59.0 Å².